The third-order valence-corrected chi connectivity index (χ3v) is 4.67. The minimum Gasteiger partial charge on any atom is -0.335 e. The molecule has 4 aromatic rings. The van der Waals surface area contributed by atoms with E-state index < -0.39 is 0 Å². The highest BCUT2D eigenvalue weighted by Gasteiger charge is 2.21. The van der Waals surface area contributed by atoms with Gasteiger partial charge in [0.2, 0.25) is 0 Å². The second kappa shape index (κ2) is 7.50. The van der Waals surface area contributed by atoms with Gasteiger partial charge < -0.3 is 9.84 Å². The molecule has 0 bridgehead atoms. The molecule has 1 amide bonds. The van der Waals surface area contributed by atoms with E-state index in [4.69, 9.17) is 4.52 Å². The van der Waals surface area contributed by atoms with E-state index in [9.17, 15) is 4.79 Å². The van der Waals surface area contributed by atoms with Crippen LogP contribution in [0, 0.1) is 13.8 Å². The number of aryl methyl sites for hydroxylation is 4. The number of pyridine rings is 1. The third-order valence-electron chi connectivity index (χ3n) is 4.67. The Morgan fingerprint density at radius 1 is 1.17 bits per heavy atom. The molecule has 29 heavy (non-hydrogen) atoms. The number of amides is 1. The second-order valence-electron chi connectivity index (χ2n) is 6.91. The van der Waals surface area contributed by atoms with E-state index >= 15 is 0 Å². The van der Waals surface area contributed by atoms with Gasteiger partial charge in [-0.15, -0.1) is 0 Å². The number of fused-ring (bicyclic) bond motifs is 1. The summed E-state index contributed by atoms with van der Waals surface area (Å²) in [7, 11) is 0. The van der Waals surface area contributed by atoms with Gasteiger partial charge in [0, 0.05) is 25.4 Å². The van der Waals surface area contributed by atoms with Crippen LogP contribution in [0.25, 0.3) is 22.5 Å². The Bertz CT molecular complexity index is 1190. The van der Waals surface area contributed by atoms with Gasteiger partial charge in [-0.2, -0.15) is 10.2 Å². The smallest absolute Gasteiger partial charge is 0.259 e. The summed E-state index contributed by atoms with van der Waals surface area (Å²) in [6.45, 7) is 9.24. The third kappa shape index (κ3) is 3.51. The summed E-state index contributed by atoms with van der Waals surface area (Å²) >= 11 is 0. The quantitative estimate of drug-likeness (QED) is 0.537. The van der Waals surface area contributed by atoms with E-state index in [1.54, 1.807) is 22.4 Å². The molecule has 150 valence electrons. The minimum absolute atomic E-state index is 0.267. The molecule has 9 nitrogen and oxygen atoms in total. The molecule has 4 heterocycles. The van der Waals surface area contributed by atoms with Crippen molar-refractivity contribution in [1.82, 2.24) is 29.7 Å². The molecule has 0 saturated carbocycles. The first-order valence-electron chi connectivity index (χ1n) is 9.66. The fraction of sp³-hybridized carbons (Fsp3) is 0.350. The molecule has 0 atom stereocenters. The highest BCUT2D eigenvalue weighted by Crippen LogP contribution is 2.27. The van der Waals surface area contributed by atoms with E-state index in [-0.39, 0.29) is 5.91 Å². The number of hydrogen-bond donors (Lipinski definition) is 1. The van der Waals surface area contributed by atoms with Crippen LogP contribution in [0.3, 0.4) is 0 Å². The lowest BCUT2D eigenvalue weighted by Crippen LogP contribution is -2.16. The molecule has 0 unspecified atom stereocenters. The monoisotopic (exact) mass is 393 g/mol. The lowest BCUT2D eigenvalue weighted by atomic mass is 10.1. The summed E-state index contributed by atoms with van der Waals surface area (Å²) in [6.07, 6.45) is 2.79. The van der Waals surface area contributed by atoms with Gasteiger partial charge in [-0.05, 0) is 39.3 Å². The van der Waals surface area contributed by atoms with Crippen LogP contribution in [0.4, 0.5) is 5.82 Å². The molecule has 0 aromatic carbocycles. The molecular weight excluding hydrogens is 370 g/mol. The lowest BCUT2D eigenvalue weighted by Gasteiger charge is -2.09. The first kappa shape index (κ1) is 18.9. The van der Waals surface area contributed by atoms with E-state index in [0.29, 0.717) is 39.6 Å². The Morgan fingerprint density at radius 2 is 2.00 bits per heavy atom. The highest BCUT2D eigenvalue weighted by molar-refractivity contribution is 6.12. The van der Waals surface area contributed by atoms with Crippen LogP contribution in [-0.2, 0) is 13.1 Å². The first-order valence-corrected chi connectivity index (χ1v) is 9.66. The van der Waals surface area contributed by atoms with Crippen molar-refractivity contribution in [2.24, 2.45) is 0 Å². The van der Waals surface area contributed by atoms with Crippen molar-refractivity contribution in [2.45, 2.75) is 47.2 Å². The van der Waals surface area contributed by atoms with Crippen LogP contribution in [0.1, 0.15) is 42.0 Å². The summed E-state index contributed by atoms with van der Waals surface area (Å²) in [5.41, 5.74) is 3.45. The average Bonchev–Trinajstić information content (AvgIpc) is 3.41. The number of nitrogens with one attached hydrogen (secondary N) is 1. The van der Waals surface area contributed by atoms with Gasteiger partial charge in [-0.25, -0.2) is 9.67 Å². The second-order valence-corrected chi connectivity index (χ2v) is 6.91. The van der Waals surface area contributed by atoms with Gasteiger partial charge >= 0.3 is 0 Å². The highest BCUT2D eigenvalue weighted by atomic mass is 16.5. The van der Waals surface area contributed by atoms with Crippen molar-refractivity contribution in [1.29, 1.82) is 0 Å². The summed E-state index contributed by atoms with van der Waals surface area (Å²) in [4.78, 5) is 17.7. The fourth-order valence-corrected chi connectivity index (χ4v) is 3.29. The molecule has 0 spiro atoms. The van der Waals surface area contributed by atoms with Gasteiger partial charge in [0.15, 0.2) is 0 Å². The van der Waals surface area contributed by atoms with Gasteiger partial charge in [0.05, 0.1) is 28.0 Å². The normalized spacial score (nSPS) is 11.3. The van der Waals surface area contributed by atoms with Crippen LogP contribution in [0.15, 0.2) is 28.9 Å². The minimum atomic E-state index is -0.267. The van der Waals surface area contributed by atoms with Gasteiger partial charge in [0.25, 0.3) is 11.6 Å². The number of anilines is 1. The van der Waals surface area contributed by atoms with Crippen molar-refractivity contribution in [3.63, 3.8) is 0 Å². The zero-order valence-electron chi connectivity index (χ0n) is 16.9. The van der Waals surface area contributed by atoms with E-state index in [0.717, 1.165) is 25.2 Å². The number of aromatic nitrogens is 6. The Morgan fingerprint density at radius 3 is 2.72 bits per heavy atom. The lowest BCUT2D eigenvalue weighted by molar-refractivity contribution is 0.102. The molecular formula is C20H23N7O2. The van der Waals surface area contributed by atoms with Gasteiger partial charge in [-0.3, -0.25) is 9.48 Å². The summed E-state index contributed by atoms with van der Waals surface area (Å²) < 4.78 is 8.96. The topological polar surface area (TPSA) is 104 Å². The number of carbonyl (C=O) groups is 1. The van der Waals surface area contributed by atoms with Crippen LogP contribution in [0.2, 0.25) is 0 Å². The van der Waals surface area contributed by atoms with Crippen LogP contribution >= 0.6 is 0 Å². The maximum absolute atomic E-state index is 13.2. The van der Waals surface area contributed by atoms with Crippen molar-refractivity contribution in [2.75, 3.05) is 5.32 Å². The molecule has 0 aliphatic heterocycles. The number of nitrogens with zero attached hydrogens (tertiary/aromatic N) is 6. The molecule has 1 N–H and O–H groups in total. The van der Waals surface area contributed by atoms with Crippen molar-refractivity contribution in [3.8, 4) is 11.4 Å². The number of rotatable bonds is 6. The van der Waals surface area contributed by atoms with Crippen LogP contribution < -0.4 is 5.32 Å². The Labute approximate surface area is 167 Å². The molecule has 4 aromatic heterocycles. The zero-order chi connectivity index (χ0) is 20.5. The molecule has 0 radical (unpaired) electrons. The molecule has 9 heteroatoms. The van der Waals surface area contributed by atoms with Gasteiger partial charge in [-0.1, -0.05) is 12.1 Å². The Balaban J connectivity index is 1.77. The SMILES string of the molecule is CCCn1nc(C)cc1NC(=O)c1cc(-c2ccn(CC)n2)nc2onc(C)c12. The summed E-state index contributed by atoms with van der Waals surface area (Å²) in [5.74, 6) is 0.391. The number of hydrogen-bond acceptors (Lipinski definition) is 6. The summed E-state index contributed by atoms with van der Waals surface area (Å²) in [6, 6.07) is 5.45. The predicted octanol–water partition coefficient (Wildman–Crippen LogP) is 3.58. The van der Waals surface area contributed by atoms with Crippen LogP contribution in [-0.4, -0.2) is 35.6 Å². The Hall–Kier alpha value is -3.49. The van der Waals surface area contributed by atoms with Crippen molar-refractivity contribution in [3.05, 3.63) is 41.3 Å². The predicted molar refractivity (Wildman–Crippen MR) is 109 cm³/mol. The van der Waals surface area contributed by atoms with E-state index in [2.05, 4.69) is 32.6 Å². The summed E-state index contributed by atoms with van der Waals surface area (Å²) in [5, 5.41) is 16.5. The van der Waals surface area contributed by atoms with E-state index in [1.807, 2.05) is 32.2 Å². The van der Waals surface area contributed by atoms with Gasteiger partial charge in [0.1, 0.15) is 11.5 Å². The average molecular weight is 393 g/mol. The molecule has 0 fully saturated rings. The maximum atomic E-state index is 13.2. The number of carbonyl (C=O) groups excluding carboxylic acids is 1. The zero-order valence-corrected chi connectivity index (χ0v) is 16.9. The molecule has 0 aliphatic rings. The van der Waals surface area contributed by atoms with Crippen molar-refractivity contribution < 1.29 is 9.32 Å². The molecule has 0 saturated heterocycles. The largest absolute Gasteiger partial charge is 0.335 e. The Kier molecular flexibility index (Phi) is 4.87. The first-order chi connectivity index (χ1) is 14.0. The van der Waals surface area contributed by atoms with Crippen molar-refractivity contribution >= 4 is 22.8 Å². The molecule has 0 aliphatic carbocycles. The maximum Gasteiger partial charge on any atom is 0.259 e. The standard InChI is InChI=1S/C20H23N7O2/c1-5-8-27-17(10-12(3)23-27)22-19(28)14-11-16(15-7-9-26(6-2)24-15)21-20-18(14)13(4)25-29-20/h7,9-11H,5-6,8H2,1-4H3,(H,22,28). The van der Waals surface area contributed by atoms with Crippen LogP contribution in [0.5, 0.6) is 0 Å². The van der Waals surface area contributed by atoms with E-state index in [1.165, 1.54) is 0 Å². The fourth-order valence-electron chi connectivity index (χ4n) is 3.29. The molecule has 4 rings (SSSR count).